The van der Waals surface area contributed by atoms with Crippen molar-refractivity contribution in [1.82, 2.24) is 0 Å². The van der Waals surface area contributed by atoms with Gasteiger partial charge >= 0.3 is 0 Å². The molecule has 4 unspecified atom stereocenters. The van der Waals surface area contributed by atoms with Gasteiger partial charge in [-0.2, -0.15) is 0 Å². The van der Waals surface area contributed by atoms with Crippen molar-refractivity contribution in [3.63, 3.8) is 0 Å². The fraction of sp³-hybridized carbons (Fsp3) is 1.00. The van der Waals surface area contributed by atoms with Crippen LogP contribution in [-0.2, 0) is 0 Å². The van der Waals surface area contributed by atoms with Gasteiger partial charge in [0, 0.05) is 0 Å². The summed E-state index contributed by atoms with van der Waals surface area (Å²) in [5, 5.41) is 0. The number of fused-ring (bicyclic) bond motifs is 4. The summed E-state index contributed by atoms with van der Waals surface area (Å²) in [6.45, 7) is 5.21. The molecular formula is C20H34. The first-order chi connectivity index (χ1) is 9.62. The van der Waals surface area contributed by atoms with E-state index in [1.807, 2.05) is 0 Å². The van der Waals surface area contributed by atoms with E-state index < -0.39 is 0 Å². The Hall–Kier alpha value is 0. The summed E-state index contributed by atoms with van der Waals surface area (Å²) in [5.41, 5.74) is 0.641. The van der Waals surface area contributed by atoms with Gasteiger partial charge in [0.15, 0.2) is 0 Å². The van der Waals surface area contributed by atoms with Crippen molar-refractivity contribution in [2.75, 3.05) is 0 Å². The third kappa shape index (κ3) is 2.35. The van der Waals surface area contributed by atoms with Crippen molar-refractivity contribution >= 4 is 0 Å². The van der Waals surface area contributed by atoms with Crippen LogP contribution in [0.2, 0.25) is 0 Å². The van der Waals surface area contributed by atoms with E-state index in [0.29, 0.717) is 5.41 Å². The van der Waals surface area contributed by atoms with Gasteiger partial charge < -0.3 is 0 Å². The van der Waals surface area contributed by atoms with Crippen LogP contribution in [0.4, 0.5) is 0 Å². The molecule has 0 amide bonds. The Kier molecular flexibility index (Phi) is 3.43. The van der Waals surface area contributed by atoms with Crippen LogP contribution < -0.4 is 0 Å². The summed E-state index contributed by atoms with van der Waals surface area (Å²) >= 11 is 0. The normalized spacial score (nSPS) is 50.7. The van der Waals surface area contributed by atoms with Gasteiger partial charge in [-0.3, -0.25) is 0 Å². The first kappa shape index (κ1) is 13.6. The van der Waals surface area contributed by atoms with Crippen LogP contribution in [0.5, 0.6) is 0 Å². The molecule has 5 rings (SSSR count). The van der Waals surface area contributed by atoms with E-state index in [1.165, 1.54) is 0 Å². The molecule has 5 fully saturated rings. The zero-order valence-electron chi connectivity index (χ0n) is 13.7. The lowest BCUT2D eigenvalue weighted by Gasteiger charge is -2.51. The average Bonchev–Trinajstić information content (AvgIpc) is 2.77. The molecule has 0 N–H and O–H groups in total. The molecule has 0 spiro atoms. The van der Waals surface area contributed by atoms with E-state index >= 15 is 0 Å². The van der Waals surface area contributed by atoms with Gasteiger partial charge in [-0.1, -0.05) is 52.4 Å². The van der Waals surface area contributed by atoms with Gasteiger partial charge in [-0.05, 0) is 73.0 Å². The van der Waals surface area contributed by atoms with Gasteiger partial charge in [-0.25, -0.2) is 0 Å². The quantitative estimate of drug-likeness (QED) is 0.504. The Morgan fingerprint density at radius 3 is 1.90 bits per heavy atom. The highest BCUT2D eigenvalue weighted by molar-refractivity contribution is 4.96. The van der Waals surface area contributed by atoms with Crippen LogP contribution in [0.15, 0.2) is 0 Å². The van der Waals surface area contributed by atoms with Crippen LogP contribution in [0.25, 0.3) is 0 Å². The maximum atomic E-state index is 2.60. The molecule has 20 heavy (non-hydrogen) atoms. The lowest BCUT2D eigenvalue weighted by molar-refractivity contribution is -0.00366. The summed E-state index contributed by atoms with van der Waals surface area (Å²) in [7, 11) is 0. The molecule has 4 atom stereocenters. The second-order valence-corrected chi connectivity index (χ2v) is 9.60. The van der Waals surface area contributed by atoms with Crippen LogP contribution in [0.3, 0.4) is 0 Å². The van der Waals surface area contributed by atoms with E-state index in [9.17, 15) is 0 Å². The van der Waals surface area contributed by atoms with Crippen molar-refractivity contribution in [2.24, 2.45) is 40.9 Å². The minimum absolute atomic E-state index is 0.641. The highest BCUT2D eigenvalue weighted by Crippen LogP contribution is 2.56. The lowest BCUT2D eigenvalue weighted by atomic mass is 9.55. The Morgan fingerprint density at radius 1 is 0.650 bits per heavy atom. The predicted octanol–water partition coefficient (Wildman–Crippen LogP) is 6.06. The Bertz CT molecular complexity index is 349. The second-order valence-electron chi connectivity index (χ2n) is 9.60. The molecule has 0 nitrogen and oxygen atoms in total. The first-order valence-corrected chi connectivity index (χ1v) is 9.62. The average molecular weight is 274 g/mol. The maximum absolute atomic E-state index is 2.60. The van der Waals surface area contributed by atoms with Gasteiger partial charge in [0.2, 0.25) is 0 Å². The first-order valence-electron chi connectivity index (χ1n) is 9.62. The Labute approximate surface area is 126 Å². The molecular weight excluding hydrogens is 240 g/mol. The smallest absolute Gasteiger partial charge is 0.0323 e. The number of hydrogen-bond donors (Lipinski definition) is 0. The predicted molar refractivity (Wildman–Crippen MR) is 85.5 cm³/mol. The summed E-state index contributed by atoms with van der Waals surface area (Å²) in [5.74, 6) is 6.62. The number of hydrogen-bond acceptors (Lipinski definition) is 0. The molecule has 0 saturated heterocycles. The van der Waals surface area contributed by atoms with E-state index in [1.54, 1.807) is 70.6 Å². The molecule has 2 bridgehead atoms. The molecule has 0 heteroatoms. The Morgan fingerprint density at radius 2 is 1.20 bits per heavy atom. The standard InChI is InChI=1S/C20H34/c1-20(2)13-18-12-16-8-4-7-15(16)11-17(18)6-3-5-14-9-19(20)10-14/h14-19H,3-13H2,1-2H3. The largest absolute Gasteiger partial charge is 0.0596 e. The molecule has 5 aliphatic rings. The van der Waals surface area contributed by atoms with E-state index in [0.717, 1.165) is 35.5 Å². The molecule has 0 aromatic heterocycles. The maximum Gasteiger partial charge on any atom is -0.0323 e. The van der Waals surface area contributed by atoms with Gasteiger partial charge in [0.1, 0.15) is 0 Å². The summed E-state index contributed by atoms with van der Waals surface area (Å²) in [6, 6.07) is 0. The molecule has 5 aliphatic carbocycles. The minimum Gasteiger partial charge on any atom is -0.0596 e. The monoisotopic (exact) mass is 274 g/mol. The molecule has 0 radical (unpaired) electrons. The van der Waals surface area contributed by atoms with Crippen LogP contribution >= 0.6 is 0 Å². The van der Waals surface area contributed by atoms with E-state index in [4.69, 9.17) is 0 Å². The summed E-state index contributed by atoms with van der Waals surface area (Å²) < 4.78 is 0. The second kappa shape index (κ2) is 5.03. The topological polar surface area (TPSA) is 0 Å². The molecule has 5 saturated carbocycles. The molecule has 0 heterocycles. The molecule has 0 aromatic rings. The Balaban J connectivity index is 1.52. The van der Waals surface area contributed by atoms with Crippen molar-refractivity contribution in [3.8, 4) is 0 Å². The van der Waals surface area contributed by atoms with Crippen molar-refractivity contribution in [1.29, 1.82) is 0 Å². The SMILES string of the molecule is CC1(C)CC2CC3CCCC3CC2CCCC2CC1C2. The minimum atomic E-state index is 0.641. The van der Waals surface area contributed by atoms with Gasteiger partial charge in [-0.15, -0.1) is 0 Å². The molecule has 0 aliphatic heterocycles. The van der Waals surface area contributed by atoms with Crippen molar-refractivity contribution in [3.05, 3.63) is 0 Å². The highest BCUT2D eigenvalue weighted by atomic mass is 14.5. The van der Waals surface area contributed by atoms with Gasteiger partial charge in [0.25, 0.3) is 0 Å². The zero-order valence-corrected chi connectivity index (χ0v) is 13.7. The van der Waals surface area contributed by atoms with E-state index in [2.05, 4.69) is 13.8 Å². The van der Waals surface area contributed by atoms with Crippen molar-refractivity contribution < 1.29 is 0 Å². The third-order valence-electron chi connectivity index (χ3n) is 8.01. The van der Waals surface area contributed by atoms with Crippen LogP contribution in [0, 0.1) is 40.9 Å². The summed E-state index contributed by atoms with van der Waals surface area (Å²) in [6.07, 6.45) is 17.3. The fourth-order valence-corrected chi connectivity index (χ4v) is 6.62. The number of rotatable bonds is 0. The lowest BCUT2D eigenvalue weighted by Crippen LogP contribution is -2.41. The van der Waals surface area contributed by atoms with E-state index in [-0.39, 0.29) is 0 Å². The third-order valence-corrected chi connectivity index (χ3v) is 8.01. The van der Waals surface area contributed by atoms with Crippen LogP contribution in [0.1, 0.15) is 84.5 Å². The fourth-order valence-electron chi connectivity index (χ4n) is 6.62. The summed E-state index contributed by atoms with van der Waals surface area (Å²) in [4.78, 5) is 0. The molecule has 114 valence electrons. The van der Waals surface area contributed by atoms with Crippen molar-refractivity contribution in [2.45, 2.75) is 84.5 Å². The van der Waals surface area contributed by atoms with Crippen LogP contribution in [-0.4, -0.2) is 0 Å². The zero-order chi connectivity index (χ0) is 13.7. The molecule has 0 aromatic carbocycles. The van der Waals surface area contributed by atoms with Gasteiger partial charge in [0.05, 0.1) is 0 Å². The highest BCUT2D eigenvalue weighted by Gasteiger charge is 2.46.